The molecule has 1 aliphatic rings. The lowest BCUT2D eigenvalue weighted by Crippen LogP contribution is -2.41. The van der Waals surface area contributed by atoms with E-state index >= 15 is 0 Å². The summed E-state index contributed by atoms with van der Waals surface area (Å²) in [6.45, 7) is 4.20. The Bertz CT molecular complexity index is 149. The van der Waals surface area contributed by atoms with E-state index in [1.54, 1.807) is 0 Å². The smallest absolute Gasteiger partial charge is 0.0813 e. The number of hydrogen-bond donors (Lipinski definition) is 2. The number of hydrogen-bond acceptors (Lipinski definition) is 2. The number of aliphatic hydroxyl groups is 2. The van der Waals surface area contributed by atoms with E-state index in [0.717, 1.165) is 0 Å². The third-order valence-corrected chi connectivity index (χ3v) is 3.25. The normalized spacial score (nSPS) is 43.5. The molecule has 0 aromatic carbocycles. The molecule has 1 fully saturated rings. The van der Waals surface area contributed by atoms with Gasteiger partial charge in [-0.2, -0.15) is 0 Å². The van der Waals surface area contributed by atoms with Crippen molar-refractivity contribution < 1.29 is 10.2 Å². The summed E-state index contributed by atoms with van der Waals surface area (Å²) in [6.07, 6.45) is -0.0478. The van der Waals surface area contributed by atoms with Crippen LogP contribution in [0.1, 0.15) is 26.7 Å². The Hall–Kier alpha value is 0.210. The summed E-state index contributed by atoms with van der Waals surface area (Å²) in [5.41, 5.74) is 0. The van der Waals surface area contributed by atoms with Crippen molar-refractivity contribution in [3.05, 3.63) is 0 Å². The Kier molecular flexibility index (Phi) is 3.38. The molecule has 0 bridgehead atoms. The average Bonchev–Trinajstić information content (AvgIpc) is 1.96. The van der Waals surface area contributed by atoms with Gasteiger partial charge in [-0.1, -0.05) is 13.8 Å². The molecule has 3 heteroatoms. The van der Waals surface area contributed by atoms with E-state index in [0.29, 0.717) is 24.7 Å². The maximum absolute atomic E-state index is 9.41. The zero-order valence-corrected chi connectivity index (χ0v) is 8.33. The second-order valence-corrected chi connectivity index (χ2v) is 4.59. The van der Waals surface area contributed by atoms with E-state index in [1.807, 2.05) is 0 Å². The van der Waals surface area contributed by atoms with Crippen LogP contribution < -0.4 is 0 Å². The first-order chi connectivity index (χ1) is 5.52. The molecule has 0 radical (unpaired) electrons. The van der Waals surface area contributed by atoms with Crippen LogP contribution in [0.5, 0.6) is 0 Å². The third kappa shape index (κ3) is 2.12. The van der Waals surface area contributed by atoms with Gasteiger partial charge in [0.25, 0.3) is 0 Å². The number of rotatable bonds is 1. The molecule has 4 unspecified atom stereocenters. The fourth-order valence-corrected chi connectivity index (χ4v) is 2.41. The Morgan fingerprint density at radius 1 is 1.17 bits per heavy atom. The Morgan fingerprint density at radius 2 is 1.67 bits per heavy atom. The molecular formula is C9H17ClO2. The topological polar surface area (TPSA) is 40.5 Å². The van der Waals surface area contributed by atoms with Crippen LogP contribution in [0.15, 0.2) is 0 Å². The van der Waals surface area contributed by atoms with Gasteiger partial charge in [-0.05, 0) is 24.7 Å². The largest absolute Gasteiger partial charge is 0.390 e. The van der Waals surface area contributed by atoms with Crippen molar-refractivity contribution in [1.29, 1.82) is 0 Å². The van der Waals surface area contributed by atoms with Gasteiger partial charge >= 0.3 is 0 Å². The second kappa shape index (κ2) is 3.95. The van der Waals surface area contributed by atoms with Crippen molar-refractivity contribution in [2.45, 2.75) is 44.3 Å². The van der Waals surface area contributed by atoms with Crippen LogP contribution in [0.4, 0.5) is 0 Å². The number of halogens is 1. The van der Waals surface area contributed by atoms with Crippen molar-refractivity contribution in [3.8, 4) is 0 Å². The fraction of sp³-hybridized carbons (Fsp3) is 1.00. The van der Waals surface area contributed by atoms with Gasteiger partial charge in [-0.3, -0.25) is 0 Å². The predicted molar refractivity (Wildman–Crippen MR) is 49.2 cm³/mol. The maximum Gasteiger partial charge on any atom is 0.0813 e. The molecule has 1 rings (SSSR count). The lowest BCUT2D eigenvalue weighted by atomic mass is 9.79. The third-order valence-electron chi connectivity index (χ3n) is 2.75. The lowest BCUT2D eigenvalue weighted by molar-refractivity contribution is -0.0302. The van der Waals surface area contributed by atoms with E-state index in [-0.39, 0.29) is 5.38 Å². The first-order valence-electron chi connectivity index (χ1n) is 4.52. The van der Waals surface area contributed by atoms with Crippen LogP contribution >= 0.6 is 11.6 Å². The van der Waals surface area contributed by atoms with Gasteiger partial charge in [0.15, 0.2) is 0 Å². The molecular weight excluding hydrogens is 176 g/mol. The summed E-state index contributed by atoms with van der Waals surface area (Å²) in [7, 11) is 0. The van der Waals surface area contributed by atoms with Crippen LogP contribution in [0.25, 0.3) is 0 Å². The lowest BCUT2D eigenvalue weighted by Gasteiger charge is -2.36. The van der Waals surface area contributed by atoms with Crippen molar-refractivity contribution in [2.75, 3.05) is 0 Å². The van der Waals surface area contributed by atoms with Crippen LogP contribution in [0.3, 0.4) is 0 Å². The number of aliphatic hydroxyl groups excluding tert-OH is 2. The molecule has 0 spiro atoms. The van der Waals surface area contributed by atoms with E-state index < -0.39 is 12.2 Å². The minimum atomic E-state index is -0.623. The minimum absolute atomic E-state index is 0.0170. The average molecular weight is 193 g/mol. The van der Waals surface area contributed by atoms with Crippen LogP contribution in [0.2, 0.25) is 0 Å². The quantitative estimate of drug-likeness (QED) is 0.617. The monoisotopic (exact) mass is 192 g/mol. The molecule has 0 saturated heterocycles. The Morgan fingerprint density at radius 3 is 2.17 bits per heavy atom. The summed E-state index contributed by atoms with van der Waals surface area (Å²) in [5, 5.41) is 18.7. The van der Waals surface area contributed by atoms with E-state index in [9.17, 15) is 10.2 Å². The molecule has 0 heterocycles. The minimum Gasteiger partial charge on any atom is -0.390 e. The molecule has 72 valence electrons. The highest BCUT2D eigenvalue weighted by molar-refractivity contribution is 6.20. The highest BCUT2D eigenvalue weighted by atomic mass is 35.5. The molecule has 4 atom stereocenters. The van der Waals surface area contributed by atoms with Gasteiger partial charge in [0, 0.05) is 5.38 Å². The predicted octanol–water partition coefficient (Wildman–Crippen LogP) is 1.38. The molecule has 2 N–H and O–H groups in total. The van der Waals surface area contributed by atoms with Gasteiger partial charge in [0.05, 0.1) is 12.2 Å². The van der Waals surface area contributed by atoms with Crippen molar-refractivity contribution in [2.24, 2.45) is 11.8 Å². The van der Waals surface area contributed by atoms with E-state index in [4.69, 9.17) is 11.6 Å². The fourth-order valence-electron chi connectivity index (χ4n) is 1.84. The Balaban J connectivity index is 2.55. The van der Waals surface area contributed by atoms with Gasteiger partial charge in [0.1, 0.15) is 0 Å². The van der Waals surface area contributed by atoms with Crippen molar-refractivity contribution >= 4 is 11.6 Å². The van der Waals surface area contributed by atoms with E-state index in [1.165, 1.54) is 0 Å². The molecule has 0 aromatic rings. The molecule has 0 aliphatic heterocycles. The van der Waals surface area contributed by atoms with Gasteiger partial charge in [-0.25, -0.2) is 0 Å². The number of alkyl halides is 1. The molecule has 0 aromatic heterocycles. The van der Waals surface area contributed by atoms with Gasteiger partial charge in [-0.15, -0.1) is 11.6 Å². The molecule has 1 saturated carbocycles. The summed E-state index contributed by atoms with van der Waals surface area (Å²) in [5.74, 6) is 0.819. The second-order valence-electron chi connectivity index (χ2n) is 4.03. The molecule has 2 nitrogen and oxygen atoms in total. The molecule has 12 heavy (non-hydrogen) atoms. The van der Waals surface area contributed by atoms with Gasteiger partial charge < -0.3 is 10.2 Å². The molecule has 0 amide bonds. The van der Waals surface area contributed by atoms with Gasteiger partial charge in [0.2, 0.25) is 0 Å². The molecule has 1 aliphatic carbocycles. The maximum atomic E-state index is 9.41. The summed E-state index contributed by atoms with van der Waals surface area (Å²) >= 11 is 6.07. The van der Waals surface area contributed by atoms with Crippen LogP contribution in [0, 0.1) is 11.8 Å². The van der Waals surface area contributed by atoms with Crippen LogP contribution in [-0.2, 0) is 0 Å². The first kappa shape index (κ1) is 10.3. The summed E-state index contributed by atoms with van der Waals surface area (Å²) in [6, 6.07) is 0. The standard InChI is InChI=1S/C9H17ClO2/c1-5(2)6-3-8(11)9(12)4-7(6)10/h5-9,11-12H,3-4H2,1-2H3. The highest BCUT2D eigenvalue weighted by Gasteiger charge is 2.35. The SMILES string of the molecule is CC(C)C1CC(O)C(O)CC1Cl. The zero-order chi connectivity index (χ0) is 9.30. The Labute approximate surface area is 78.5 Å². The summed E-state index contributed by atoms with van der Waals surface area (Å²) in [4.78, 5) is 0. The van der Waals surface area contributed by atoms with Crippen molar-refractivity contribution in [3.63, 3.8) is 0 Å². The van der Waals surface area contributed by atoms with Crippen LogP contribution in [-0.4, -0.2) is 27.8 Å². The summed E-state index contributed by atoms with van der Waals surface area (Å²) < 4.78 is 0. The van der Waals surface area contributed by atoms with E-state index in [2.05, 4.69) is 13.8 Å². The van der Waals surface area contributed by atoms with Crippen molar-refractivity contribution in [1.82, 2.24) is 0 Å². The zero-order valence-electron chi connectivity index (χ0n) is 7.57. The highest BCUT2D eigenvalue weighted by Crippen LogP contribution is 2.33. The first-order valence-corrected chi connectivity index (χ1v) is 4.96.